The first-order chi connectivity index (χ1) is 9.72. The molecule has 0 unspecified atom stereocenters. The van der Waals surface area contributed by atoms with Crippen LogP contribution in [0.25, 0.3) is 0 Å². The van der Waals surface area contributed by atoms with Crippen molar-refractivity contribution in [3.05, 3.63) is 0 Å². The van der Waals surface area contributed by atoms with Crippen LogP contribution < -0.4 is 10.6 Å². The molecule has 20 heavy (non-hydrogen) atoms. The first-order valence-electron chi connectivity index (χ1n) is 7.81. The number of hydrogen-bond donors (Lipinski definition) is 2. The molecule has 1 rings (SSSR count). The number of rotatable bonds is 9. The molecule has 0 aromatic heterocycles. The molecule has 2 N–H and O–H groups in total. The zero-order chi connectivity index (χ0) is 14.6. The van der Waals surface area contributed by atoms with E-state index in [1.807, 2.05) is 0 Å². The Morgan fingerprint density at radius 1 is 0.950 bits per heavy atom. The minimum atomic E-state index is 0.00195. The van der Waals surface area contributed by atoms with E-state index >= 15 is 0 Å². The molecule has 0 bridgehead atoms. The van der Waals surface area contributed by atoms with Crippen LogP contribution in [0.4, 0.5) is 0 Å². The van der Waals surface area contributed by atoms with E-state index in [1.54, 1.807) is 0 Å². The third-order valence-corrected chi connectivity index (χ3v) is 4.08. The molecule has 1 fully saturated rings. The van der Waals surface area contributed by atoms with Crippen molar-refractivity contribution in [1.29, 1.82) is 0 Å². The standard InChI is InChI=1S/C15H27ClN2O2/c16-10-4-7-14(19)17-11-12-18-15(20)9-8-13-5-2-1-3-6-13/h13H,1-12H2,(H,17,19)(H,18,20). The van der Waals surface area contributed by atoms with Crippen LogP contribution in [0.5, 0.6) is 0 Å². The third-order valence-electron chi connectivity index (χ3n) is 3.81. The Labute approximate surface area is 127 Å². The van der Waals surface area contributed by atoms with Crippen LogP contribution in [0, 0.1) is 5.92 Å². The molecule has 0 heterocycles. The highest BCUT2D eigenvalue weighted by Gasteiger charge is 2.14. The van der Waals surface area contributed by atoms with Crippen molar-refractivity contribution in [1.82, 2.24) is 10.6 Å². The van der Waals surface area contributed by atoms with Gasteiger partial charge in [-0.15, -0.1) is 11.6 Å². The van der Waals surface area contributed by atoms with E-state index in [0.29, 0.717) is 38.2 Å². The first kappa shape index (κ1) is 17.3. The van der Waals surface area contributed by atoms with Crippen molar-refractivity contribution in [2.45, 2.75) is 57.8 Å². The maximum atomic E-state index is 11.7. The molecular weight excluding hydrogens is 276 g/mol. The molecule has 5 heteroatoms. The fourth-order valence-corrected chi connectivity index (χ4v) is 2.75. The number of carbonyl (C=O) groups is 2. The molecular formula is C15H27ClN2O2. The van der Waals surface area contributed by atoms with Crippen molar-refractivity contribution in [3.8, 4) is 0 Å². The van der Waals surface area contributed by atoms with Crippen molar-refractivity contribution in [2.24, 2.45) is 5.92 Å². The quantitative estimate of drug-likeness (QED) is 0.508. The van der Waals surface area contributed by atoms with Crippen LogP contribution in [0.2, 0.25) is 0 Å². The van der Waals surface area contributed by atoms with Gasteiger partial charge in [-0.2, -0.15) is 0 Å². The summed E-state index contributed by atoms with van der Waals surface area (Å²) in [7, 11) is 0. The van der Waals surface area contributed by atoms with Crippen LogP contribution >= 0.6 is 11.6 Å². The van der Waals surface area contributed by atoms with Gasteiger partial charge < -0.3 is 10.6 Å². The van der Waals surface area contributed by atoms with Gasteiger partial charge in [0.05, 0.1) is 0 Å². The Bertz CT molecular complexity index is 292. The molecule has 0 aromatic rings. The summed E-state index contributed by atoms with van der Waals surface area (Å²) in [6.45, 7) is 1.01. The zero-order valence-electron chi connectivity index (χ0n) is 12.3. The minimum absolute atomic E-state index is 0.00195. The van der Waals surface area contributed by atoms with Crippen molar-refractivity contribution >= 4 is 23.4 Å². The van der Waals surface area contributed by atoms with Crippen LogP contribution in [0.3, 0.4) is 0 Å². The topological polar surface area (TPSA) is 58.2 Å². The highest BCUT2D eigenvalue weighted by atomic mass is 35.5. The molecule has 0 atom stereocenters. The molecule has 1 aliphatic rings. The van der Waals surface area contributed by atoms with Gasteiger partial charge in [-0.3, -0.25) is 9.59 Å². The molecule has 0 saturated heterocycles. The lowest BCUT2D eigenvalue weighted by Gasteiger charge is -2.20. The summed E-state index contributed by atoms with van der Waals surface area (Å²) in [5, 5.41) is 5.62. The lowest BCUT2D eigenvalue weighted by molar-refractivity contribution is -0.123. The number of alkyl halides is 1. The van der Waals surface area contributed by atoms with E-state index in [9.17, 15) is 9.59 Å². The number of nitrogens with one attached hydrogen (secondary N) is 2. The smallest absolute Gasteiger partial charge is 0.220 e. The Morgan fingerprint density at radius 3 is 2.15 bits per heavy atom. The predicted octanol–water partition coefficient (Wildman–Crippen LogP) is 2.60. The average molecular weight is 303 g/mol. The van der Waals surface area contributed by atoms with Crippen molar-refractivity contribution in [3.63, 3.8) is 0 Å². The number of amides is 2. The second-order valence-corrected chi connectivity index (χ2v) is 5.91. The second-order valence-electron chi connectivity index (χ2n) is 5.54. The molecule has 0 spiro atoms. The highest BCUT2D eigenvalue weighted by molar-refractivity contribution is 6.17. The molecule has 116 valence electrons. The Hall–Kier alpha value is -0.770. The summed E-state index contributed by atoms with van der Waals surface area (Å²) in [6.07, 6.45) is 9.33. The molecule has 2 amide bonds. The second kappa shape index (κ2) is 11.0. The molecule has 0 aromatic carbocycles. The monoisotopic (exact) mass is 302 g/mol. The summed E-state index contributed by atoms with van der Waals surface area (Å²) in [4.78, 5) is 23.0. The summed E-state index contributed by atoms with van der Waals surface area (Å²) in [6, 6.07) is 0. The summed E-state index contributed by atoms with van der Waals surface area (Å²) >= 11 is 5.51. The van der Waals surface area contributed by atoms with Crippen LogP contribution in [-0.4, -0.2) is 30.8 Å². The van der Waals surface area contributed by atoms with Gasteiger partial charge in [-0.05, 0) is 18.8 Å². The van der Waals surface area contributed by atoms with Gasteiger partial charge >= 0.3 is 0 Å². The molecule has 0 radical (unpaired) electrons. The Kier molecular flexibility index (Phi) is 9.46. The SMILES string of the molecule is O=C(CCCCl)NCCNC(=O)CCC1CCCCC1. The lowest BCUT2D eigenvalue weighted by Crippen LogP contribution is -2.34. The van der Waals surface area contributed by atoms with Gasteiger partial charge in [-0.25, -0.2) is 0 Å². The summed E-state index contributed by atoms with van der Waals surface area (Å²) in [5.74, 6) is 1.35. The summed E-state index contributed by atoms with van der Waals surface area (Å²) < 4.78 is 0. The lowest BCUT2D eigenvalue weighted by atomic mass is 9.86. The number of halogens is 1. The fourth-order valence-electron chi connectivity index (χ4n) is 2.62. The van der Waals surface area contributed by atoms with Gasteiger partial charge in [0.15, 0.2) is 0 Å². The van der Waals surface area contributed by atoms with Gasteiger partial charge in [0.2, 0.25) is 11.8 Å². The van der Waals surface area contributed by atoms with Gasteiger partial charge in [0, 0.05) is 31.8 Å². The zero-order valence-corrected chi connectivity index (χ0v) is 13.0. The minimum Gasteiger partial charge on any atom is -0.354 e. The predicted molar refractivity (Wildman–Crippen MR) is 81.8 cm³/mol. The number of hydrogen-bond acceptors (Lipinski definition) is 2. The van der Waals surface area contributed by atoms with E-state index in [2.05, 4.69) is 10.6 Å². The largest absolute Gasteiger partial charge is 0.354 e. The first-order valence-corrected chi connectivity index (χ1v) is 8.35. The molecule has 1 saturated carbocycles. The van der Waals surface area contributed by atoms with Crippen LogP contribution in [-0.2, 0) is 9.59 Å². The Balaban J connectivity index is 1.95. The number of carbonyl (C=O) groups excluding carboxylic acids is 2. The van der Waals surface area contributed by atoms with E-state index in [-0.39, 0.29) is 11.8 Å². The van der Waals surface area contributed by atoms with E-state index in [1.165, 1.54) is 32.1 Å². The summed E-state index contributed by atoms with van der Waals surface area (Å²) in [5.41, 5.74) is 0. The Morgan fingerprint density at radius 2 is 1.55 bits per heavy atom. The van der Waals surface area contributed by atoms with Crippen LogP contribution in [0.15, 0.2) is 0 Å². The van der Waals surface area contributed by atoms with Crippen molar-refractivity contribution in [2.75, 3.05) is 19.0 Å². The molecule has 1 aliphatic carbocycles. The maximum absolute atomic E-state index is 11.7. The van der Waals surface area contributed by atoms with E-state index in [4.69, 9.17) is 11.6 Å². The molecule has 0 aliphatic heterocycles. The van der Waals surface area contributed by atoms with Crippen LogP contribution in [0.1, 0.15) is 57.8 Å². The van der Waals surface area contributed by atoms with E-state index in [0.717, 1.165) is 12.3 Å². The average Bonchev–Trinajstić information content (AvgIpc) is 2.48. The maximum Gasteiger partial charge on any atom is 0.220 e. The van der Waals surface area contributed by atoms with Crippen molar-refractivity contribution < 1.29 is 9.59 Å². The molecule has 4 nitrogen and oxygen atoms in total. The normalized spacial score (nSPS) is 15.8. The fraction of sp³-hybridized carbons (Fsp3) is 0.867. The van der Waals surface area contributed by atoms with Gasteiger partial charge in [-0.1, -0.05) is 32.1 Å². The highest BCUT2D eigenvalue weighted by Crippen LogP contribution is 2.27. The third kappa shape index (κ3) is 8.41. The van der Waals surface area contributed by atoms with Gasteiger partial charge in [0.1, 0.15) is 0 Å². The van der Waals surface area contributed by atoms with Gasteiger partial charge in [0.25, 0.3) is 0 Å². The van der Waals surface area contributed by atoms with E-state index < -0.39 is 0 Å².